The molecule has 0 radical (unpaired) electrons. The quantitative estimate of drug-likeness (QED) is 0.640. The third-order valence-electron chi connectivity index (χ3n) is 2.20. The van der Waals surface area contributed by atoms with Crippen molar-refractivity contribution >= 4 is 5.97 Å². The normalized spacial score (nSPS) is 21.7. The predicted molar refractivity (Wildman–Crippen MR) is 54.2 cm³/mol. The molecule has 1 atom stereocenters. The van der Waals surface area contributed by atoms with E-state index in [0.717, 1.165) is 0 Å². The van der Waals surface area contributed by atoms with Crippen molar-refractivity contribution < 1.29 is 19.4 Å². The van der Waals surface area contributed by atoms with Crippen molar-refractivity contribution in [1.29, 1.82) is 0 Å². The first-order valence-electron chi connectivity index (χ1n) is 5.00. The Balaban J connectivity index is 2.38. The van der Waals surface area contributed by atoms with Gasteiger partial charge in [0.15, 0.2) is 0 Å². The Morgan fingerprint density at radius 3 is 2.47 bits per heavy atom. The Labute approximate surface area is 89.5 Å². The van der Waals surface area contributed by atoms with Crippen molar-refractivity contribution in [3.05, 3.63) is 0 Å². The molecule has 0 aliphatic carbocycles. The molecule has 1 rings (SSSR count). The van der Waals surface area contributed by atoms with Crippen molar-refractivity contribution in [2.45, 2.75) is 44.4 Å². The first kappa shape index (κ1) is 12.4. The number of aliphatic hydroxyl groups is 1. The van der Waals surface area contributed by atoms with E-state index in [2.05, 4.69) is 0 Å². The maximum absolute atomic E-state index is 11.4. The summed E-state index contributed by atoms with van der Waals surface area (Å²) in [5.41, 5.74) is 4.13. The molecule has 1 fully saturated rings. The van der Waals surface area contributed by atoms with Crippen LogP contribution in [0.2, 0.25) is 0 Å². The SMILES string of the molecule is CC(C)(C)OC(=O)CC(N)C1(O)COC1. The van der Waals surface area contributed by atoms with Crippen molar-refractivity contribution in [3.63, 3.8) is 0 Å². The average molecular weight is 217 g/mol. The highest BCUT2D eigenvalue weighted by atomic mass is 16.6. The molecule has 5 nitrogen and oxygen atoms in total. The first-order chi connectivity index (χ1) is 6.73. The number of nitrogens with two attached hydrogens (primary N) is 1. The minimum absolute atomic E-state index is 0.0110. The number of hydrogen-bond donors (Lipinski definition) is 2. The second-order valence-electron chi connectivity index (χ2n) is 4.99. The number of ether oxygens (including phenoxy) is 2. The molecule has 1 unspecified atom stereocenters. The first-order valence-corrected chi connectivity index (χ1v) is 5.00. The lowest BCUT2D eigenvalue weighted by molar-refractivity contribution is -0.194. The van der Waals surface area contributed by atoms with Crippen molar-refractivity contribution in [3.8, 4) is 0 Å². The predicted octanol–water partition coefficient (Wildman–Crippen LogP) is -0.193. The fourth-order valence-electron chi connectivity index (χ4n) is 1.28. The molecule has 0 saturated carbocycles. The van der Waals surface area contributed by atoms with Gasteiger partial charge in [0.1, 0.15) is 11.2 Å². The smallest absolute Gasteiger partial charge is 0.307 e. The maximum atomic E-state index is 11.4. The second kappa shape index (κ2) is 4.08. The van der Waals surface area contributed by atoms with E-state index in [1.165, 1.54) is 0 Å². The highest BCUT2D eigenvalue weighted by Crippen LogP contribution is 2.22. The number of hydrogen-bond acceptors (Lipinski definition) is 5. The lowest BCUT2D eigenvalue weighted by atomic mass is 9.90. The topological polar surface area (TPSA) is 81.8 Å². The van der Waals surface area contributed by atoms with Gasteiger partial charge in [-0.25, -0.2) is 0 Å². The van der Waals surface area contributed by atoms with Crippen molar-refractivity contribution in [1.82, 2.24) is 0 Å². The molecule has 5 heteroatoms. The van der Waals surface area contributed by atoms with Gasteiger partial charge in [0.2, 0.25) is 0 Å². The molecule has 1 saturated heterocycles. The molecular weight excluding hydrogens is 198 g/mol. The van der Waals surface area contributed by atoms with Crippen LogP contribution in [-0.2, 0) is 14.3 Å². The van der Waals surface area contributed by atoms with Gasteiger partial charge in [0.05, 0.1) is 19.6 Å². The van der Waals surface area contributed by atoms with Gasteiger partial charge in [-0.1, -0.05) is 0 Å². The zero-order chi connectivity index (χ0) is 11.7. The molecule has 1 aliphatic heterocycles. The third kappa shape index (κ3) is 3.44. The molecule has 3 N–H and O–H groups in total. The van der Waals surface area contributed by atoms with Crippen LogP contribution in [0.25, 0.3) is 0 Å². The molecule has 0 spiro atoms. The Morgan fingerprint density at radius 2 is 2.13 bits per heavy atom. The van der Waals surface area contributed by atoms with E-state index in [1.807, 2.05) is 0 Å². The summed E-state index contributed by atoms with van der Waals surface area (Å²) < 4.78 is 9.96. The molecule has 15 heavy (non-hydrogen) atoms. The summed E-state index contributed by atoms with van der Waals surface area (Å²) in [4.78, 5) is 11.4. The summed E-state index contributed by atoms with van der Waals surface area (Å²) in [7, 11) is 0. The van der Waals surface area contributed by atoms with E-state index in [9.17, 15) is 9.90 Å². The molecule has 0 bridgehead atoms. The lowest BCUT2D eigenvalue weighted by Gasteiger charge is -2.40. The third-order valence-corrected chi connectivity index (χ3v) is 2.20. The van der Waals surface area contributed by atoms with E-state index >= 15 is 0 Å². The Bertz CT molecular complexity index is 242. The Hall–Kier alpha value is -0.650. The molecule has 0 aromatic rings. The van der Waals surface area contributed by atoms with Gasteiger partial charge in [0.25, 0.3) is 0 Å². The summed E-state index contributed by atoms with van der Waals surface area (Å²) >= 11 is 0. The van der Waals surface area contributed by atoms with Crippen LogP contribution in [0.15, 0.2) is 0 Å². The highest BCUT2D eigenvalue weighted by molar-refractivity contribution is 5.70. The number of carbonyl (C=O) groups excluding carboxylic acids is 1. The summed E-state index contributed by atoms with van der Waals surface area (Å²) in [5, 5.41) is 9.77. The van der Waals surface area contributed by atoms with Crippen LogP contribution in [0, 0.1) is 0 Å². The van der Waals surface area contributed by atoms with Crippen LogP contribution < -0.4 is 5.73 Å². The summed E-state index contributed by atoms with van der Waals surface area (Å²) in [6.45, 7) is 5.75. The van der Waals surface area contributed by atoms with E-state index in [1.54, 1.807) is 20.8 Å². The molecule has 1 aliphatic rings. The van der Waals surface area contributed by atoms with Crippen LogP contribution in [-0.4, -0.2) is 41.5 Å². The van der Waals surface area contributed by atoms with E-state index < -0.39 is 23.2 Å². The van der Waals surface area contributed by atoms with Crippen molar-refractivity contribution in [2.24, 2.45) is 5.73 Å². The second-order valence-corrected chi connectivity index (χ2v) is 4.99. The standard InChI is InChI=1S/C10H19NO4/c1-9(2,3)15-8(12)4-7(11)10(13)5-14-6-10/h7,13H,4-6,11H2,1-3H3. The van der Waals surface area contributed by atoms with Gasteiger partial charge in [-0.15, -0.1) is 0 Å². The Morgan fingerprint density at radius 1 is 1.60 bits per heavy atom. The van der Waals surface area contributed by atoms with E-state index in [4.69, 9.17) is 15.2 Å². The van der Waals surface area contributed by atoms with Crippen LogP contribution in [0.1, 0.15) is 27.2 Å². The number of esters is 1. The minimum atomic E-state index is -1.06. The largest absolute Gasteiger partial charge is 0.460 e. The fraction of sp³-hybridized carbons (Fsp3) is 0.900. The molecule has 88 valence electrons. The maximum Gasteiger partial charge on any atom is 0.307 e. The number of carbonyl (C=O) groups is 1. The molecule has 1 heterocycles. The minimum Gasteiger partial charge on any atom is -0.460 e. The lowest BCUT2D eigenvalue weighted by Crippen LogP contribution is -2.62. The van der Waals surface area contributed by atoms with E-state index in [0.29, 0.717) is 0 Å². The van der Waals surface area contributed by atoms with Crippen LogP contribution >= 0.6 is 0 Å². The Kier molecular flexibility index (Phi) is 3.38. The van der Waals surface area contributed by atoms with Crippen LogP contribution in [0.3, 0.4) is 0 Å². The monoisotopic (exact) mass is 217 g/mol. The van der Waals surface area contributed by atoms with Gasteiger partial charge in [-0.2, -0.15) is 0 Å². The highest BCUT2D eigenvalue weighted by Gasteiger charge is 2.43. The molecule has 0 amide bonds. The van der Waals surface area contributed by atoms with Gasteiger partial charge in [0, 0.05) is 6.04 Å². The molecule has 0 aromatic carbocycles. The van der Waals surface area contributed by atoms with E-state index in [-0.39, 0.29) is 19.6 Å². The van der Waals surface area contributed by atoms with Crippen molar-refractivity contribution in [2.75, 3.05) is 13.2 Å². The summed E-state index contributed by atoms with van der Waals surface area (Å²) in [6.07, 6.45) is 0.0110. The van der Waals surface area contributed by atoms with Gasteiger partial charge < -0.3 is 20.3 Å². The molecular formula is C10H19NO4. The zero-order valence-electron chi connectivity index (χ0n) is 9.45. The average Bonchev–Trinajstić information content (AvgIpc) is 1.95. The van der Waals surface area contributed by atoms with Gasteiger partial charge in [-0.05, 0) is 20.8 Å². The number of rotatable bonds is 3. The van der Waals surface area contributed by atoms with Gasteiger partial charge >= 0.3 is 5.97 Å². The fourth-order valence-corrected chi connectivity index (χ4v) is 1.28. The van der Waals surface area contributed by atoms with Crippen LogP contribution in [0.4, 0.5) is 0 Å². The van der Waals surface area contributed by atoms with Gasteiger partial charge in [-0.3, -0.25) is 4.79 Å². The summed E-state index contributed by atoms with van der Waals surface area (Å²) in [5.74, 6) is -0.393. The molecule has 0 aromatic heterocycles. The summed E-state index contributed by atoms with van der Waals surface area (Å²) in [6, 6.07) is -0.624. The van der Waals surface area contributed by atoms with Crippen LogP contribution in [0.5, 0.6) is 0 Å². The zero-order valence-corrected chi connectivity index (χ0v) is 9.45.